The fourth-order valence-electron chi connectivity index (χ4n) is 5.71. The molecule has 43 heavy (non-hydrogen) atoms. The summed E-state index contributed by atoms with van der Waals surface area (Å²) >= 11 is 4.71. The Morgan fingerprint density at radius 3 is 2.40 bits per heavy atom. The third-order valence-electron chi connectivity index (χ3n) is 7.79. The average Bonchev–Trinajstić information content (AvgIpc) is 3.47. The molecule has 0 N–H and O–H groups in total. The molecule has 0 aliphatic carbocycles. The van der Waals surface area contributed by atoms with E-state index < -0.39 is 12.0 Å². The predicted molar refractivity (Wildman–Crippen MR) is 173 cm³/mol. The molecule has 0 saturated carbocycles. The van der Waals surface area contributed by atoms with Crippen LogP contribution in [0, 0.1) is 0 Å². The number of likely N-dealkylation sites (N-methyl/N-ethyl adjacent to an activating group) is 1. The molecule has 3 heterocycles. The molecule has 1 aromatic heterocycles. The van der Waals surface area contributed by atoms with Crippen molar-refractivity contribution >= 4 is 56.1 Å². The van der Waals surface area contributed by atoms with Crippen molar-refractivity contribution in [2.75, 3.05) is 18.1 Å². The summed E-state index contributed by atoms with van der Waals surface area (Å²) in [6.45, 7) is 8.53. The zero-order chi connectivity index (χ0) is 30.4. The van der Waals surface area contributed by atoms with Gasteiger partial charge in [-0.1, -0.05) is 95.7 Å². The van der Waals surface area contributed by atoms with E-state index in [0.717, 1.165) is 26.9 Å². The first kappa shape index (κ1) is 29.0. The second kappa shape index (κ2) is 11.5. The normalized spacial score (nSPS) is 17.2. The van der Waals surface area contributed by atoms with Crippen LogP contribution in [0.1, 0.15) is 61.9 Å². The SMILES string of the molecule is CCOC(=O)C1=C(c2ccccc2)N=c2s/c(=C3/C(=O)N(CC)c4ccc(Br)cc43)c(=O)n2[C@@H]1c1ccc(C(C)C)cc1. The maximum Gasteiger partial charge on any atom is 0.338 e. The standard InChI is InChI=1S/C34H30BrN3O4S/c1-5-37-25-17-16-23(35)18-24(25)26(31(37)39)30-32(40)38-29(22-14-12-20(13-15-22)19(3)4)27(33(41)42-6-2)28(36-34(38)43-30)21-10-8-7-9-11-21/h7-19,29H,5-6H2,1-4H3/b30-26+/t29-/m1/s1. The molecule has 0 saturated heterocycles. The molecule has 9 heteroatoms. The fraction of sp³-hybridized carbons (Fsp3) is 0.235. The Hall–Kier alpha value is -4.08. The Bertz CT molecular complexity index is 1970. The number of hydrogen-bond donors (Lipinski definition) is 0. The minimum atomic E-state index is -0.804. The molecule has 4 aromatic rings. The minimum absolute atomic E-state index is 0.172. The van der Waals surface area contributed by atoms with Crippen LogP contribution >= 0.6 is 27.3 Å². The zero-order valence-electron chi connectivity index (χ0n) is 24.3. The molecule has 218 valence electrons. The van der Waals surface area contributed by atoms with Crippen molar-refractivity contribution in [3.63, 3.8) is 0 Å². The van der Waals surface area contributed by atoms with Crippen molar-refractivity contribution in [1.82, 2.24) is 4.57 Å². The number of esters is 1. The Labute approximate surface area is 261 Å². The summed E-state index contributed by atoms with van der Waals surface area (Å²) in [6.07, 6.45) is 0. The van der Waals surface area contributed by atoms with Gasteiger partial charge in [-0.2, -0.15) is 0 Å². The Morgan fingerprint density at radius 2 is 1.74 bits per heavy atom. The molecule has 2 aliphatic heterocycles. The lowest BCUT2D eigenvalue weighted by molar-refractivity contribution is -0.138. The number of hydrogen-bond acceptors (Lipinski definition) is 6. The number of thiazole rings is 1. The first-order valence-electron chi connectivity index (χ1n) is 14.3. The number of fused-ring (bicyclic) bond motifs is 2. The van der Waals surface area contributed by atoms with Crippen LogP contribution in [0.4, 0.5) is 5.69 Å². The van der Waals surface area contributed by atoms with Crippen LogP contribution in [0.2, 0.25) is 0 Å². The molecule has 0 spiro atoms. The van der Waals surface area contributed by atoms with Gasteiger partial charge >= 0.3 is 5.97 Å². The number of carbonyl (C=O) groups is 2. The number of carbonyl (C=O) groups excluding carboxylic acids is 2. The first-order chi connectivity index (χ1) is 20.7. The van der Waals surface area contributed by atoms with Gasteiger partial charge in [-0.15, -0.1) is 0 Å². The van der Waals surface area contributed by atoms with E-state index in [1.807, 2.05) is 79.7 Å². The van der Waals surface area contributed by atoms with E-state index >= 15 is 0 Å². The van der Waals surface area contributed by atoms with E-state index in [9.17, 15) is 14.4 Å². The van der Waals surface area contributed by atoms with Crippen LogP contribution in [0.5, 0.6) is 0 Å². The number of nitrogens with zero attached hydrogens (tertiary/aromatic N) is 3. The van der Waals surface area contributed by atoms with Gasteiger partial charge in [0.05, 0.1) is 35.2 Å². The summed E-state index contributed by atoms with van der Waals surface area (Å²) in [7, 11) is 0. The van der Waals surface area contributed by atoms with Gasteiger partial charge in [0.15, 0.2) is 4.80 Å². The van der Waals surface area contributed by atoms with Crippen molar-refractivity contribution in [3.8, 4) is 0 Å². The van der Waals surface area contributed by atoms with E-state index in [1.54, 1.807) is 16.4 Å². The number of benzene rings is 3. The zero-order valence-corrected chi connectivity index (χ0v) is 26.7. The lowest BCUT2D eigenvalue weighted by Crippen LogP contribution is -2.41. The second-order valence-electron chi connectivity index (χ2n) is 10.7. The van der Waals surface area contributed by atoms with E-state index in [4.69, 9.17) is 9.73 Å². The van der Waals surface area contributed by atoms with Crippen LogP contribution < -0.4 is 19.8 Å². The van der Waals surface area contributed by atoms with Gasteiger partial charge < -0.3 is 9.64 Å². The summed E-state index contributed by atoms with van der Waals surface area (Å²) < 4.78 is 8.22. The Balaban J connectivity index is 1.71. The largest absolute Gasteiger partial charge is 0.463 e. The quantitative estimate of drug-likeness (QED) is 0.255. The van der Waals surface area contributed by atoms with Gasteiger partial charge in [-0.05, 0) is 49.1 Å². The van der Waals surface area contributed by atoms with Gasteiger partial charge in [-0.25, -0.2) is 9.79 Å². The molecule has 1 atom stereocenters. The topological polar surface area (TPSA) is 81.0 Å². The fourth-order valence-corrected chi connectivity index (χ4v) is 7.16. The van der Waals surface area contributed by atoms with Crippen molar-refractivity contribution in [2.24, 2.45) is 4.99 Å². The summed E-state index contributed by atoms with van der Waals surface area (Å²) in [5.74, 6) is -0.456. The number of ether oxygens (including phenoxy) is 1. The molecule has 0 bridgehead atoms. The lowest BCUT2D eigenvalue weighted by atomic mass is 9.91. The third-order valence-corrected chi connectivity index (χ3v) is 9.34. The van der Waals surface area contributed by atoms with Crippen LogP contribution in [0.25, 0.3) is 11.3 Å². The van der Waals surface area contributed by atoms with Crippen molar-refractivity contribution in [3.05, 3.63) is 125 Å². The van der Waals surface area contributed by atoms with Gasteiger partial charge in [0.1, 0.15) is 4.53 Å². The van der Waals surface area contributed by atoms with Gasteiger partial charge in [-0.3, -0.25) is 14.2 Å². The minimum Gasteiger partial charge on any atom is -0.463 e. The first-order valence-corrected chi connectivity index (χ1v) is 15.9. The van der Waals surface area contributed by atoms with E-state index in [2.05, 4.69) is 29.8 Å². The van der Waals surface area contributed by atoms with E-state index in [1.165, 1.54) is 11.3 Å². The molecule has 0 fully saturated rings. The molecule has 6 rings (SSSR count). The maximum absolute atomic E-state index is 14.5. The molecule has 2 aliphatic rings. The molecular weight excluding hydrogens is 626 g/mol. The Morgan fingerprint density at radius 1 is 1.02 bits per heavy atom. The smallest absolute Gasteiger partial charge is 0.338 e. The summed E-state index contributed by atoms with van der Waals surface area (Å²) in [5, 5.41) is 0. The maximum atomic E-state index is 14.5. The van der Waals surface area contributed by atoms with Crippen molar-refractivity contribution in [1.29, 1.82) is 0 Å². The van der Waals surface area contributed by atoms with Crippen LogP contribution in [0.3, 0.4) is 0 Å². The molecule has 7 nitrogen and oxygen atoms in total. The number of aromatic nitrogens is 1. The van der Waals surface area contributed by atoms with E-state index in [-0.39, 0.29) is 23.6 Å². The highest BCUT2D eigenvalue weighted by Gasteiger charge is 2.38. The summed E-state index contributed by atoms with van der Waals surface area (Å²) in [4.78, 5) is 49.0. The predicted octanol–water partition coefficient (Wildman–Crippen LogP) is 5.56. The molecule has 0 radical (unpaired) electrons. The van der Waals surface area contributed by atoms with Crippen molar-refractivity contribution in [2.45, 2.75) is 39.7 Å². The average molecular weight is 657 g/mol. The van der Waals surface area contributed by atoms with Crippen LogP contribution in [0.15, 0.2) is 92.6 Å². The highest BCUT2D eigenvalue weighted by atomic mass is 79.9. The second-order valence-corrected chi connectivity index (χ2v) is 12.6. The van der Waals surface area contributed by atoms with E-state index in [0.29, 0.717) is 38.6 Å². The summed E-state index contributed by atoms with van der Waals surface area (Å²) in [5.41, 5.74) is 4.79. The molecule has 0 unspecified atom stereocenters. The third kappa shape index (κ3) is 4.90. The molecule has 1 amide bonds. The van der Waals surface area contributed by atoms with Gasteiger partial charge in [0.2, 0.25) is 0 Å². The monoisotopic (exact) mass is 655 g/mol. The Kier molecular flexibility index (Phi) is 7.79. The summed E-state index contributed by atoms with van der Waals surface area (Å²) in [6, 6.07) is 22.3. The number of rotatable bonds is 6. The number of halogens is 1. The van der Waals surface area contributed by atoms with Gasteiger partial charge in [0, 0.05) is 22.1 Å². The highest BCUT2D eigenvalue weighted by molar-refractivity contribution is 9.10. The highest BCUT2D eigenvalue weighted by Crippen LogP contribution is 2.38. The lowest BCUT2D eigenvalue weighted by Gasteiger charge is -2.26. The van der Waals surface area contributed by atoms with Gasteiger partial charge in [0.25, 0.3) is 11.5 Å². The molecular formula is C34H30BrN3O4S. The van der Waals surface area contributed by atoms with Crippen molar-refractivity contribution < 1.29 is 14.3 Å². The number of amides is 1. The number of anilines is 1. The van der Waals surface area contributed by atoms with Crippen LogP contribution in [-0.4, -0.2) is 29.6 Å². The van der Waals surface area contributed by atoms with Crippen LogP contribution in [-0.2, 0) is 14.3 Å². The molecule has 3 aromatic carbocycles.